The van der Waals surface area contributed by atoms with Gasteiger partial charge in [0.2, 0.25) is 10.0 Å². The fraction of sp³-hybridized carbons (Fsp3) is 1.00. The van der Waals surface area contributed by atoms with Gasteiger partial charge in [-0.3, -0.25) is 0 Å². The Kier molecular flexibility index (Phi) is 3.62. The van der Waals surface area contributed by atoms with Crippen molar-refractivity contribution in [2.75, 3.05) is 26.2 Å². The Morgan fingerprint density at radius 1 is 1.21 bits per heavy atom. The number of sulfonamides is 1. The van der Waals surface area contributed by atoms with Crippen molar-refractivity contribution in [2.24, 2.45) is 5.92 Å². The smallest absolute Gasteiger partial charge is 0.218 e. The predicted molar refractivity (Wildman–Crippen MR) is 73.3 cm³/mol. The number of piperidine rings is 1. The minimum Gasteiger partial charge on any atom is -0.390 e. The highest BCUT2D eigenvalue weighted by Gasteiger charge is 2.46. The van der Waals surface area contributed by atoms with Crippen molar-refractivity contribution in [1.82, 2.24) is 9.62 Å². The Balaban J connectivity index is 1.73. The largest absolute Gasteiger partial charge is 0.390 e. The summed E-state index contributed by atoms with van der Waals surface area (Å²) >= 11 is 0. The first-order chi connectivity index (χ1) is 9.02. The van der Waals surface area contributed by atoms with Crippen LogP contribution in [0.4, 0.5) is 0 Å². The Hall–Kier alpha value is -0.170. The summed E-state index contributed by atoms with van der Waals surface area (Å²) < 4.78 is 26.8. The number of fused-ring (bicyclic) bond motifs is 1. The fourth-order valence-corrected chi connectivity index (χ4v) is 5.76. The Bertz CT molecular complexity index is 433. The Morgan fingerprint density at radius 3 is 2.79 bits per heavy atom. The highest BCUT2D eigenvalue weighted by atomic mass is 32.2. The lowest BCUT2D eigenvalue weighted by Gasteiger charge is -2.47. The quantitative estimate of drug-likeness (QED) is 0.767. The van der Waals surface area contributed by atoms with Gasteiger partial charge in [-0.2, -0.15) is 0 Å². The van der Waals surface area contributed by atoms with E-state index in [2.05, 4.69) is 5.32 Å². The van der Waals surface area contributed by atoms with Gasteiger partial charge in [-0.15, -0.1) is 0 Å². The van der Waals surface area contributed by atoms with E-state index in [-0.39, 0.29) is 11.2 Å². The molecule has 1 aliphatic carbocycles. The van der Waals surface area contributed by atoms with Gasteiger partial charge < -0.3 is 10.4 Å². The Labute approximate surface area is 115 Å². The van der Waals surface area contributed by atoms with Gasteiger partial charge in [-0.05, 0) is 32.2 Å². The molecule has 19 heavy (non-hydrogen) atoms. The minimum absolute atomic E-state index is 0.138. The molecule has 1 saturated carbocycles. The van der Waals surface area contributed by atoms with Gasteiger partial charge in [0.1, 0.15) is 0 Å². The molecule has 3 unspecified atom stereocenters. The molecule has 3 atom stereocenters. The first-order valence-electron chi connectivity index (χ1n) is 7.44. The van der Waals surface area contributed by atoms with Gasteiger partial charge in [-0.1, -0.05) is 12.8 Å². The molecule has 3 fully saturated rings. The zero-order chi connectivity index (χ0) is 13.5. The van der Waals surface area contributed by atoms with Gasteiger partial charge in [0.15, 0.2) is 0 Å². The molecule has 6 heteroatoms. The standard InChI is InChI=1S/C13H24N2O3S/c16-13-5-2-1-3-11(13)10-15(8-6-13)19(17,18)12-4-7-14-9-12/h11-12,14,16H,1-10H2. The monoisotopic (exact) mass is 288 g/mol. The maximum atomic E-state index is 12.6. The molecule has 0 bridgehead atoms. The summed E-state index contributed by atoms with van der Waals surface area (Å²) in [5, 5.41) is 13.5. The van der Waals surface area contributed by atoms with Crippen LogP contribution >= 0.6 is 0 Å². The third-order valence-corrected chi connectivity index (χ3v) is 7.48. The zero-order valence-corrected chi connectivity index (χ0v) is 12.2. The lowest BCUT2D eigenvalue weighted by molar-refractivity contribution is -0.0817. The third-order valence-electron chi connectivity index (χ3n) is 5.19. The van der Waals surface area contributed by atoms with Crippen LogP contribution in [-0.4, -0.2) is 54.9 Å². The van der Waals surface area contributed by atoms with E-state index in [1.807, 2.05) is 0 Å². The summed E-state index contributed by atoms with van der Waals surface area (Å²) in [6.07, 6.45) is 5.32. The second kappa shape index (κ2) is 4.98. The molecular weight excluding hydrogens is 264 g/mol. The van der Waals surface area contributed by atoms with E-state index in [9.17, 15) is 13.5 Å². The van der Waals surface area contributed by atoms with Gasteiger partial charge >= 0.3 is 0 Å². The molecule has 110 valence electrons. The molecule has 5 nitrogen and oxygen atoms in total. The van der Waals surface area contributed by atoms with Gasteiger partial charge in [0.05, 0.1) is 10.9 Å². The molecule has 2 saturated heterocycles. The highest BCUT2D eigenvalue weighted by Crippen LogP contribution is 2.40. The average Bonchev–Trinajstić information content (AvgIpc) is 2.92. The van der Waals surface area contributed by atoms with Crippen LogP contribution < -0.4 is 5.32 Å². The zero-order valence-electron chi connectivity index (χ0n) is 11.3. The normalized spacial score (nSPS) is 41.1. The number of aliphatic hydroxyl groups is 1. The van der Waals surface area contributed by atoms with Crippen molar-refractivity contribution in [2.45, 2.75) is 49.4 Å². The summed E-state index contributed by atoms with van der Waals surface area (Å²) in [5.41, 5.74) is -0.599. The van der Waals surface area contributed by atoms with Crippen LogP contribution in [0.1, 0.15) is 38.5 Å². The van der Waals surface area contributed by atoms with Gasteiger partial charge in [0.25, 0.3) is 0 Å². The lowest BCUT2D eigenvalue weighted by Crippen LogP contribution is -2.56. The van der Waals surface area contributed by atoms with Crippen LogP contribution in [0.2, 0.25) is 0 Å². The highest BCUT2D eigenvalue weighted by molar-refractivity contribution is 7.89. The molecule has 0 aromatic carbocycles. The topological polar surface area (TPSA) is 69.6 Å². The SMILES string of the molecule is O=S(=O)(C1CCNC1)N1CCC2(O)CCCCC2C1. The fourth-order valence-electron chi connectivity index (χ4n) is 3.86. The van der Waals surface area contributed by atoms with Crippen molar-refractivity contribution < 1.29 is 13.5 Å². The molecule has 3 rings (SSSR count). The molecule has 0 aromatic heterocycles. The first kappa shape index (κ1) is 13.8. The molecule has 3 aliphatic rings. The number of nitrogens with one attached hydrogen (secondary N) is 1. The van der Waals surface area contributed by atoms with E-state index in [0.29, 0.717) is 32.5 Å². The maximum absolute atomic E-state index is 12.6. The summed E-state index contributed by atoms with van der Waals surface area (Å²) in [5.74, 6) is 0.138. The van der Waals surface area contributed by atoms with E-state index >= 15 is 0 Å². The molecule has 2 heterocycles. The van der Waals surface area contributed by atoms with Crippen molar-refractivity contribution >= 4 is 10.0 Å². The Morgan fingerprint density at radius 2 is 2.05 bits per heavy atom. The van der Waals surface area contributed by atoms with Crippen LogP contribution in [0.5, 0.6) is 0 Å². The van der Waals surface area contributed by atoms with Gasteiger partial charge in [-0.25, -0.2) is 12.7 Å². The number of hydrogen-bond acceptors (Lipinski definition) is 4. The third kappa shape index (κ3) is 2.44. The molecule has 2 N–H and O–H groups in total. The maximum Gasteiger partial charge on any atom is 0.218 e. The van der Waals surface area contributed by atoms with E-state index in [0.717, 1.165) is 32.2 Å². The second-order valence-electron chi connectivity index (χ2n) is 6.31. The number of rotatable bonds is 2. The van der Waals surface area contributed by atoms with E-state index in [1.165, 1.54) is 0 Å². The van der Waals surface area contributed by atoms with Crippen molar-refractivity contribution in [3.8, 4) is 0 Å². The first-order valence-corrected chi connectivity index (χ1v) is 8.95. The van der Waals surface area contributed by atoms with Crippen molar-refractivity contribution in [1.29, 1.82) is 0 Å². The van der Waals surface area contributed by atoms with Crippen LogP contribution in [0.3, 0.4) is 0 Å². The molecular formula is C13H24N2O3S. The summed E-state index contributed by atoms with van der Waals surface area (Å²) in [6.45, 7) is 2.39. The minimum atomic E-state index is -3.18. The molecule has 0 amide bonds. The predicted octanol–water partition coefficient (Wildman–Crippen LogP) is 0.305. The van der Waals surface area contributed by atoms with Crippen LogP contribution in [-0.2, 0) is 10.0 Å². The average molecular weight is 288 g/mol. The molecule has 0 aromatic rings. The van der Waals surface area contributed by atoms with E-state index in [4.69, 9.17) is 0 Å². The lowest BCUT2D eigenvalue weighted by atomic mass is 9.72. The number of nitrogens with zero attached hydrogens (tertiary/aromatic N) is 1. The molecule has 0 radical (unpaired) electrons. The van der Waals surface area contributed by atoms with Crippen molar-refractivity contribution in [3.63, 3.8) is 0 Å². The van der Waals surface area contributed by atoms with E-state index in [1.54, 1.807) is 4.31 Å². The summed E-state index contributed by atoms with van der Waals surface area (Å²) in [7, 11) is -3.18. The summed E-state index contributed by atoms with van der Waals surface area (Å²) in [4.78, 5) is 0. The molecule has 2 aliphatic heterocycles. The summed E-state index contributed by atoms with van der Waals surface area (Å²) in [6, 6.07) is 0. The van der Waals surface area contributed by atoms with Crippen LogP contribution in [0.15, 0.2) is 0 Å². The van der Waals surface area contributed by atoms with Gasteiger partial charge in [0, 0.05) is 25.6 Å². The van der Waals surface area contributed by atoms with Crippen molar-refractivity contribution in [3.05, 3.63) is 0 Å². The van der Waals surface area contributed by atoms with Crippen LogP contribution in [0, 0.1) is 5.92 Å². The molecule has 0 spiro atoms. The second-order valence-corrected chi connectivity index (χ2v) is 8.53. The van der Waals surface area contributed by atoms with E-state index < -0.39 is 15.6 Å². The van der Waals surface area contributed by atoms with Crippen LogP contribution in [0.25, 0.3) is 0 Å². The number of hydrogen-bond donors (Lipinski definition) is 2.